The maximum Gasteiger partial charge on any atom is 0.407 e. The molecular weight excluding hydrogens is 307 g/mol. The van der Waals surface area contributed by atoms with E-state index in [9.17, 15) is 14.0 Å². The number of amides is 1. The van der Waals surface area contributed by atoms with Crippen molar-refractivity contribution in [1.82, 2.24) is 10.3 Å². The van der Waals surface area contributed by atoms with Crippen LogP contribution in [0.15, 0.2) is 12.1 Å². The molecule has 7 nitrogen and oxygen atoms in total. The summed E-state index contributed by atoms with van der Waals surface area (Å²) in [7, 11) is 1.17. The van der Waals surface area contributed by atoms with Gasteiger partial charge in [0.15, 0.2) is 5.69 Å². The van der Waals surface area contributed by atoms with E-state index in [1.807, 2.05) is 0 Å². The summed E-state index contributed by atoms with van der Waals surface area (Å²) in [5, 5.41) is 2.57. The molecule has 0 bridgehead atoms. The molecule has 1 heterocycles. The van der Waals surface area contributed by atoms with Crippen LogP contribution >= 0.6 is 0 Å². The van der Waals surface area contributed by atoms with Gasteiger partial charge in [0.1, 0.15) is 18.0 Å². The summed E-state index contributed by atoms with van der Waals surface area (Å²) in [5.41, 5.74) is -0.806. The molecule has 8 heteroatoms. The van der Waals surface area contributed by atoms with Crippen molar-refractivity contribution in [2.24, 2.45) is 0 Å². The van der Waals surface area contributed by atoms with Gasteiger partial charge in [-0.2, -0.15) is 0 Å². The van der Waals surface area contributed by atoms with E-state index in [1.165, 1.54) is 7.11 Å². The minimum absolute atomic E-state index is 0.0241. The Labute approximate surface area is 134 Å². The molecule has 0 radical (unpaired) electrons. The van der Waals surface area contributed by atoms with Crippen molar-refractivity contribution in [2.75, 3.05) is 13.7 Å². The highest BCUT2D eigenvalue weighted by molar-refractivity contribution is 5.87. The summed E-state index contributed by atoms with van der Waals surface area (Å²) in [6.07, 6.45) is -0.587. The quantitative estimate of drug-likeness (QED) is 0.835. The fraction of sp³-hybridized carbons (Fsp3) is 0.533. The van der Waals surface area contributed by atoms with Gasteiger partial charge in [0.05, 0.1) is 13.2 Å². The second kappa shape index (κ2) is 7.75. The summed E-state index contributed by atoms with van der Waals surface area (Å²) in [5.74, 6) is -1.53. The van der Waals surface area contributed by atoms with E-state index in [1.54, 1.807) is 27.7 Å². The normalized spacial score (nSPS) is 12.3. The number of halogens is 1. The number of nitrogens with one attached hydrogen (secondary N) is 1. The summed E-state index contributed by atoms with van der Waals surface area (Å²) in [6, 6.07) is 1.57. The number of carbonyl (C=O) groups is 2. The third-order valence-corrected chi connectivity index (χ3v) is 2.41. The lowest BCUT2D eigenvalue weighted by atomic mass is 10.2. The molecule has 1 amide bonds. The van der Waals surface area contributed by atoms with Gasteiger partial charge in [-0.1, -0.05) is 0 Å². The van der Waals surface area contributed by atoms with Crippen molar-refractivity contribution in [3.05, 3.63) is 23.6 Å². The van der Waals surface area contributed by atoms with Gasteiger partial charge < -0.3 is 19.5 Å². The van der Waals surface area contributed by atoms with Crippen LogP contribution in [0.5, 0.6) is 5.88 Å². The van der Waals surface area contributed by atoms with Crippen LogP contribution in [0.25, 0.3) is 0 Å². The Kier molecular flexibility index (Phi) is 6.29. The van der Waals surface area contributed by atoms with E-state index in [-0.39, 0.29) is 18.2 Å². The number of nitrogens with zero attached hydrogens (tertiary/aromatic N) is 1. The second-order valence-electron chi connectivity index (χ2n) is 5.86. The van der Waals surface area contributed by atoms with Crippen molar-refractivity contribution in [3.8, 4) is 5.88 Å². The third-order valence-electron chi connectivity index (χ3n) is 2.41. The van der Waals surface area contributed by atoms with Gasteiger partial charge in [0.25, 0.3) is 0 Å². The third kappa shape index (κ3) is 6.94. The molecule has 0 saturated heterocycles. The lowest BCUT2D eigenvalue weighted by molar-refractivity contribution is 0.0493. The van der Waals surface area contributed by atoms with E-state index in [0.29, 0.717) is 0 Å². The van der Waals surface area contributed by atoms with E-state index >= 15 is 0 Å². The van der Waals surface area contributed by atoms with Crippen molar-refractivity contribution >= 4 is 12.1 Å². The maximum atomic E-state index is 13.4. The summed E-state index contributed by atoms with van der Waals surface area (Å²) < 4.78 is 28.3. The molecule has 23 heavy (non-hydrogen) atoms. The molecule has 1 atom stereocenters. The van der Waals surface area contributed by atoms with Crippen LogP contribution in [-0.4, -0.2) is 42.4 Å². The van der Waals surface area contributed by atoms with Crippen LogP contribution in [0.1, 0.15) is 38.2 Å². The van der Waals surface area contributed by atoms with Crippen LogP contribution in [0, 0.1) is 5.82 Å². The Morgan fingerprint density at radius 1 is 1.35 bits per heavy atom. The number of pyridine rings is 1. The molecule has 1 aromatic heterocycles. The van der Waals surface area contributed by atoms with Gasteiger partial charge >= 0.3 is 12.1 Å². The first-order valence-electron chi connectivity index (χ1n) is 6.99. The second-order valence-corrected chi connectivity index (χ2v) is 5.86. The first-order valence-corrected chi connectivity index (χ1v) is 6.99. The average molecular weight is 328 g/mol. The number of esters is 1. The van der Waals surface area contributed by atoms with Crippen LogP contribution in [0.4, 0.5) is 9.18 Å². The molecule has 1 N–H and O–H groups in total. The minimum Gasteiger partial charge on any atom is -0.475 e. The van der Waals surface area contributed by atoms with Crippen LogP contribution in [-0.2, 0) is 9.47 Å². The molecule has 0 fully saturated rings. The highest BCUT2D eigenvalue weighted by Crippen LogP contribution is 2.13. The monoisotopic (exact) mass is 328 g/mol. The number of aromatic nitrogens is 1. The molecule has 0 aliphatic rings. The molecule has 0 aliphatic heterocycles. The van der Waals surface area contributed by atoms with Crippen molar-refractivity contribution < 1.29 is 28.2 Å². The van der Waals surface area contributed by atoms with Gasteiger partial charge in [0, 0.05) is 12.1 Å². The molecule has 1 aromatic rings. The Bertz CT molecular complexity index is 571. The summed E-state index contributed by atoms with van der Waals surface area (Å²) in [6.45, 7) is 6.96. The van der Waals surface area contributed by atoms with Crippen molar-refractivity contribution in [1.29, 1.82) is 0 Å². The van der Waals surface area contributed by atoms with Gasteiger partial charge in [0.2, 0.25) is 5.88 Å². The highest BCUT2D eigenvalue weighted by Gasteiger charge is 2.18. The molecule has 0 aliphatic carbocycles. The smallest absolute Gasteiger partial charge is 0.407 e. The Morgan fingerprint density at radius 2 is 2.00 bits per heavy atom. The van der Waals surface area contributed by atoms with Gasteiger partial charge in [-0.25, -0.2) is 19.0 Å². The van der Waals surface area contributed by atoms with Crippen molar-refractivity contribution in [2.45, 2.75) is 39.3 Å². The van der Waals surface area contributed by atoms with E-state index in [2.05, 4.69) is 15.0 Å². The number of carbonyl (C=O) groups excluding carboxylic acids is 2. The van der Waals surface area contributed by atoms with Crippen molar-refractivity contribution in [3.63, 3.8) is 0 Å². The van der Waals surface area contributed by atoms with Gasteiger partial charge in [-0.3, -0.25) is 0 Å². The zero-order valence-corrected chi connectivity index (χ0v) is 13.8. The summed E-state index contributed by atoms with van der Waals surface area (Å²) in [4.78, 5) is 26.8. The predicted octanol–water partition coefficient (Wildman–Crippen LogP) is 2.30. The molecule has 1 unspecified atom stereocenters. The fourth-order valence-electron chi connectivity index (χ4n) is 1.52. The first-order chi connectivity index (χ1) is 10.6. The molecule has 0 aromatic carbocycles. The molecule has 0 spiro atoms. The number of hydrogen-bond donors (Lipinski definition) is 1. The van der Waals surface area contributed by atoms with E-state index in [0.717, 1.165) is 12.1 Å². The molecule has 0 saturated carbocycles. The number of ether oxygens (including phenoxy) is 3. The average Bonchev–Trinajstić information content (AvgIpc) is 2.41. The Morgan fingerprint density at radius 3 is 2.57 bits per heavy atom. The summed E-state index contributed by atoms with van der Waals surface area (Å²) >= 11 is 0. The predicted molar refractivity (Wildman–Crippen MR) is 79.9 cm³/mol. The van der Waals surface area contributed by atoms with Gasteiger partial charge in [-0.15, -0.1) is 0 Å². The van der Waals surface area contributed by atoms with Crippen LogP contribution in [0.3, 0.4) is 0 Å². The van der Waals surface area contributed by atoms with Crippen LogP contribution in [0.2, 0.25) is 0 Å². The minimum atomic E-state index is -0.769. The van der Waals surface area contributed by atoms with E-state index in [4.69, 9.17) is 9.47 Å². The standard InChI is InChI=1S/C15H21FN2O5/c1-9(17-14(20)23-15(2,3)4)8-22-12-7-10(16)6-11(18-12)13(19)21-5/h6-7,9H,8H2,1-5H3,(H,17,20). The fourth-order valence-corrected chi connectivity index (χ4v) is 1.52. The van der Waals surface area contributed by atoms with Gasteiger partial charge in [-0.05, 0) is 27.7 Å². The number of alkyl carbamates (subject to hydrolysis) is 1. The molecular formula is C15H21FN2O5. The largest absolute Gasteiger partial charge is 0.475 e. The number of rotatable bonds is 5. The molecule has 128 valence electrons. The zero-order chi connectivity index (χ0) is 17.6. The Hall–Kier alpha value is -2.38. The lowest BCUT2D eigenvalue weighted by Gasteiger charge is -2.22. The lowest BCUT2D eigenvalue weighted by Crippen LogP contribution is -2.40. The topological polar surface area (TPSA) is 86.8 Å². The SMILES string of the molecule is COC(=O)c1cc(F)cc(OCC(C)NC(=O)OC(C)(C)C)n1. The van der Waals surface area contributed by atoms with E-state index < -0.39 is 29.5 Å². The highest BCUT2D eigenvalue weighted by atomic mass is 19.1. The zero-order valence-electron chi connectivity index (χ0n) is 13.8. The Balaban J connectivity index is 2.59. The maximum absolute atomic E-state index is 13.4. The number of methoxy groups -OCH3 is 1. The first kappa shape index (κ1) is 18.7. The van der Waals surface area contributed by atoms with Crippen LogP contribution < -0.4 is 10.1 Å². The number of hydrogen-bond acceptors (Lipinski definition) is 6. The molecule has 1 rings (SSSR count).